The number of benzene rings is 1. The molecule has 1 aromatic carbocycles. The molecule has 2 rings (SSSR count). The van der Waals surface area contributed by atoms with Gasteiger partial charge in [0.15, 0.2) is 11.5 Å². The van der Waals surface area contributed by atoms with Gasteiger partial charge in [-0.2, -0.15) is 0 Å². The molecule has 0 radical (unpaired) electrons. The molecule has 0 saturated heterocycles. The highest BCUT2D eigenvalue weighted by Crippen LogP contribution is 2.51. The van der Waals surface area contributed by atoms with E-state index in [2.05, 4.69) is 29.8 Å². The Morgan fingerprint density at radius 3 is 2.70 bits per heavy atom. The van der Waals surface area contributed by atoms with Crippen molar-refractivity contribution >= 4 is 21.6 Å². The van der Waals surface area contributed by atoms with Gasteiger partial charge in [0.1, 0.15) is 6.10 Å². The summed E-state index contributed by atoms with van der Waals surface area (Å²) in [5, 5.41) is 10.9. The van der Waals surface area contributed by atoms with Crippen molar-refractivity contribution < 1.29 is 14.4 Å². The molecule has 1 aliphatic rings. The fourth-order valence-corrected chi connectivity index (χ4v) is 3.38. The third kappa shape index (κ3) is 2.49. The molecule has 0 amide bonds. The third-order valence-electron chi connectivity index (χ3n) is 4.26. The van der Waals surface area contributed by atoms with E-state index in [1.807, 2.05) is 0 Å². The fraction of sp³-hybridized carbons (Fsp3) is 0.571. The highest BCUT2D eigenvalue weighted by atomic mass is 79.9. The van der Waals surface area contributed by atoms with Gasteiger partial charge in [-0.25, -0.2) is 0 Å². The Morgan fingerprint density at radius 2 is 2.20 bits per heavy atom. The first-order chi connectivity index (χ1) is 9.42. The summed E-state index contributed by atoms with van der Waals surface area (Å²) in [6.45, 7) is 4.28. The van der Waals surface area contributed by atoms with Crippen molar-refractivity contribution in [1.29, 1.82) is 0 Å². The van der Waals surface area contributed by atoms with Gasteiger partial charge in [0.25, 0.3) is 5.69 Å². The molecule has 3 unspecified atom stereocenters. The molecule has 0 bridgehead atoms. The van der Waals surface area contributed by atoms with Crippen LogP contribution >= 0.6 is 15.9 Å². The highest BCUT2D eigenvalue weighted by molar-refractivity contribution is 9.09. The van der Waals surface area contributed by atoms with Gasteiger partial charge in [-0.05, 0) is 18.9 Å². The maximum absolute atomic E-state index is 10.9. The molecule has 1 saturated carbocycles. The highest BCUT2D eigenvalue weighted by Gasteiger charge is 2.51. The Balaban J connectivity index is 2.24. The largest absolute Gasteiger partial charge is 0.493 e. The second-order valence-electron chi connectivity index (χ2n) is 5.26. The van der Waals surface area contributed by atoms with Crippen molar-refractivity contribution in [2.75, 3.05) is 7.11 Å². The van der Waals surface area contributed by atoms with E-state index in [9.17, 15) is 10.1 Å². The lowest BCUT2D eigenvalue weighted by molar-refractivity contribution is -0.385. The summed E-state index contributed by atoms with van der Waals surface area (Å²) in [5.74, 6) is 0.956. The predicted octanol–water partition coefficient (Wildman–Crippen LogP) is 3.93. The van der Waals surface area contributed by atoms with Crippen molar-refractivity contribution in [3.05, 3.63) is 28.3 Å². The van der Waals surface area contributed by atoms with Crippen LogP contribution in [0.15, 0.2) is 18.2 Å². The first-order valence-corrected chi connectivity index (χ1v) is 7.47. The van der Waals surface area contributed by atoms with E-state index in [1.54, 1.807) is 6.07 Å². The summed E-state index contributed by atoms with van der Waals surface area (Å²) >= 11 is 3.65. The van der Waals surface area contributed by atoms with E-state index in [4.69, 9.17) is 9.47 Å². The van der Waals surface area contributed by atoms with Crippen LogP contribution in [-0.2, 0) is 0 Å². The van der Waals surface area contributed by atoms with Gasteiger partial charge in [-0.1, -0.05) is 29.8 Å². The molecule has 0 spiro atoms. The molecular formula is C14H18BrNO4. The number of hydrogen-bond acceptors (Lipinski definition) is 4. The molecule has 110 valence electrons. The Kier molecular flexibility index (Phi) is 4.22. The summed E-state index contributed by atoms with van der Waals surface area (Å²) in [4.78, 5) is 10.8. The summed E-state index contributed by atoms with van der Waals surface area (Å²) < 4.78 is 11.2. The number of alkyl halides is 1. The van der Waals surface area contributed by atoms with Crippen LogP contribution in [0.2, 0.25) is 0 Å². The van der Waals surface area contributed by atoms with Crippen LogP contribution in [0.25, 0.3) is 0 Å². The van der Waals surface area contributed by atoms with Crippen LogP contribution in [0.4, 0.5) is 5.69 Å². The summed E-state index contributed by atoms with van der Waals surface area (Å²) in [5.41, 5.74) is 0.0454. The van der Waals surface area contributed by atoms with Gasteiger partial charge in [0.2, 0.25) is 0 Å². The minimum absolute atomic E-state index is 0.00807. The monoisotopic (exact) mass is 343 g/mol. The van der Waals surface area contributed by atoms with Crippen LogP contribution in [0, 0.1) is 15.5 Å². The van der Waals surface area contributed by atoms with Gasteiger partial charge in [-0.15, -0.1) is 0 Å². The molecule has 6 heteroatoms. The van der Waals surface area contributed by atoms with E-state index < -0.39 is 4.92 Å². The topological polar surface area (TPSA) is 61.6 Å². The van der Waals surface area contributed by atoms with Crippen molar-refractivity contribution in [3.63, 3.8) is 0 Å². The van der Waals surface area contributed by atoms with Crippen LogP contribution in [0.3, 0.4) is 0 Å². The zero-order chi connectivity index (χ0) is 14.9. The number of nitro groups is 1. The van der Waals surface area contributed by atoms with E-state index in [1.165, 1.54) is 19.2 Å². The molecule has 1 aromatic rings. The Morgan fingerprint density at radius 1 is 1.50 bits per heavy atom. The number of rotatable bonds is 5. The lowest BCUT2D eigenvalue weighted by Gasteiger charge is -2.50. The van der Waals surface area contributed by atoms with Crippen molar-refractivity contribution in [3.8, 4) is 11.5 Å². The molecule has 0 aromatic heterocycles. The number of methoxy groups -OCH3 is 1. The van der Waals surface area contributed by atoms with Crippen LogP contribution in [-0.4, -0.2) is 23.0 Å². The molecule has 20 heavy (non-hydrogen) atoms. The van der Waals surface area contributed by atoms with Crippen LogP contribution in [0.1, 0.15) is 26.7 Å². The number of ether oxygens (including phenoxy) is 2. The SMILES string of the molecule is CCC1(C)C(Br)CC1Oc1cc([N+](=O)[O-])ccc1OC. The summed E-state index contributed by atoms with van der Waals surface area (Å²) in [6.07, 6.45) is 1.90. The second-order valence-corrected chi connectivity index (χ2v) is 6.37. The van der Waals surface area contributed by atoms with Crippen molar-refractivity contribution in [1.82, 2.24) is 0 Å². The minimum atomic E-state index is -0.431. The van der Waals surface area contributed by atoms with E-state index in [0.717, 1.165) is 12.8 Å². The number of halogens is 1. The van der Waals surface area contributed by atoms with Gasteiger partial charge in [0, 0.05) is 16.3 Å². The molecule has 1 fully saturated rings. The Labute approximate surface area is 126 Å². The van der Waals surface area contributed by atoms with Crippen molar-refractivity contribution in [2.45, 2.75) is 37.6 Å². The molecule has 1 aliphatic carbocycles. The molecule has 0 N–H and O–H groups in total. The maximum Gasteiger partial charge on any atom is 0.273 e. The first-order valence-electron chi connectivity index (χ1n) is 6.55. The lowest BCUT2D eigenvalue weighted by atomic mass is 9.65. The number of nitro benzene ring substituents is 1. The van der Waals surface area contributed by atoms with Gasteiger partial charge >= 0.3 is 0 Å². The molecule has 0 aliphatic heterocycles. The van der Waals surface area contributed by atoms with Gasteiger partial charge < -0.3 is 9.47 Å². The summed E-state index contributed by atoms with van der Waals surface area (Å²) in [6, 6.07) is 4.41. The quantitative estimate of drug-likeness (QED) is 0.461. The molecule has 5 nitrogen and oxygen atoms in total. The maximum atomic E-state index is 10.9. The smallest absolute Gasteiger partial charge is 0.273 e. The Bertz CT molecular complexity index is 522. The van der Waals surface area contributed by atoms with Gasteiger partial charge in [-0.3, -0.25) is 10.1 Å². The van der Waals surface area contributed by atoms with Crippen molar-refractivity contribution in [2.24, 2.45) is 5.41 Å². The van der Waals surface area contributed by atoms with Crippen LogP contribution < -0.4 is 9.47 Å². The van der Waals surface area contributed by atoms with E-state index in [0.29, 0.717) is 16.3 Å². The number of non-ortho nitro benzene ring substituents is 1. The third-order valence-corrected chi connectivity index (χ3v) is 5.68. The first kappa shape index (κ1) is 15.1. The lowest BCUT2D eigenvalue weighted by Crippen LogP contribution is -2.54. The number of nitrogens with zero attached hydrogens (tertiary/aromatic N) is 1. The zero-order valence-electron chi connectivity index (χ0n) is 11.8. The molecule has 0 heterocycles. The second kappa shape index (κ2) is 5.60. The zero-order valence-corrected chi connectivity index (χ0v) is 13.3. The van der Waals surface area contributed by atoms with Crippen LogP contribution in [0.5, 0.6) is 11.5 Å². The predicted molar refractivity (Wildman–Crippen MR) is 79.8 cm³/mol. The minimum Gasteiger partial charge on any atom is -0.493 e. The molecule has 3 atom stereocenters. The average molecular weight is 344 g/mol. The fourth-order valence-electron chi connectivity index (χ4n) is 2.42. The normalized spacial score (nSPS) is 28.6. The van der Waals surface area contributed by atoms with E-state index in [-0.39, 0.29) is 17.2 Å². The Hall–Kier alpha value is -1.30. The number of hydrogen-bond donors (Lipinski definition) is 0. The standard InChI is InChI=1S/C14H18BrNO4/c1-4-14(2)12(15)8-13(14)20-11-7-9(16(17)18)5-6-10(11)19-3/h5-7,12-13H,4,8H2,1-3H3. The average Bonchev–Trinajstić information content (AvgIpc) is 2.45. The van der Waals surface area contributed by atoms with E-state index >= 15 is 0 Å². The molecular weight excluding hydrogens is 326 g/mol. The summed E-state index contributed by atoms with van der Waals surface area (Å²) in [7, 11) is 1.53. The van der Waals surface area contributed by atoms with Gasteiger partial charge in [0.05, 0.1) is 18.1 Å².